The van der Waals surface area contributed by atoms with E-state index in [-0.39, 0.29) is 12.0 Å². The molecule has 0 aliphatic heterocycles. The highest BCUT2D eigenvalue weighted by Gasteiger charge is 2.07. The summed E-state index contributed by atoms with van der Waals surface area (Å²) in [5.41, 5.74) is 0.0259. The smallest absolute Gasteiger partial charge is 0.303 e. The van der Waals surface area contributed by atoms with E-state index in [1.807, 2.05) is 6.07 Å². The summed E-state index contributed by atoms with van der Waals surface area (Å²) in [6.07, 6.45) is 4.34. The van der Waals surface area contributed by atoms with E-state index in [1.165, 1.54) is 6.20 Å². The molecule has 1 amide bonds. The summed E-state index contributed by atoms with van der Waals surface area (Å²) in [5, 5.41) is 22.9. The molecule has 0 radical (unpaired) electrons. The second kappa shape index (κ2) is 12.9. The SMILES string of the molecule is COCCCN/C=C(/C#N)C(=O)NCCCCCC(=O)O. The van der Waals surface area contributed by atoms with Gasteiger partial charge >= 0.3 is 5.97 Å². The number of amides is 1. The third-order valence-electron chi connectivity index (χ3n) is 2.63. The highest BCUT2D eigenvalue weighted by atomic mass is 16.5. The summed E-state index contributed by atoms with van der Waals surface area (Å²) < 4.78 is 4.88. The Balaban J connectivity index is 3.81. The van der Waals surface area contributed by atoms with Crippen molar-refractivity contribution in [2.75, 3.05) is 26.8 Å². The Morgan fingerprint density at radius 3 is 2.62 bits per heavy atom. The Morgan fingerprint density at radius 1 is 1.24 bits per heavy atom. The number of aliphatic carboxylic acids is 1. The first kappa shape index (κ1) is 18.9. The molecule has 0 spiro atoms. The minimum Gasteiger partial charge on any atom is -0.481 e. The van der Waals surface area contributed by atoms with Crippen molar-refractivity contribution in [3.63, 3.8) is 0 Å². The molecule has 0 aliphatic carbocycles. The Labute approximate surface area is 125 Å². The van der Waals surface area contributed by atoms with E-state index < -0.39 is 11.9 Å². The van der Waals surface area contributed by atoms with Crippen molar-refractivity contribution in [3.8, 4) is 6.07 Å². The van der Waals surface area contributed by atoms with Crippen LogP contribution in [0.1, 0.15) is 32.1 Å². The minimum absolute atomic E-state index is 0.0259. The lowest BCUT2D eigenvalue weighted by atomic mass is 10.2. The molecule has 0 aromatic heterocycles. The van der Waals surface area contributed by atoms with E-state index in [0.717, 1.165) is 12.8 Å². The number of carboxylic acids is 1. The first-order valence-electron chi connectivity index (χ1n) is 6.94. The molecular weight excluding hydrogens is 274 g/mol. The number of carbonyl (C=O) groups excluding carboxylic acids is 1. The lowest BCUT2D eigenvalue weighted by molar-refractivity contribution is -0.137. The van der Waals surface area contributed by atoms with Crippen LogP contribution in [0.4, 0.5) is 0 Å². The molecule has 0 atom stereocenters. The molecule has 0 unspecified atom stereocenters. The molecule has 7 heteroatoms. The largest absolute Gasteiger partial charge is 0.481 e. The van der Waals surface area contributed by atoms with Crippen LogP contribution in [0.5, 0.6) is 0 Å². The van der Waals surface area contributed by atoms with E-state index in [4.69, 9.17) is 15.1 Å². The fraction of sp³-hybridized carbons (Fsp3) is 0.643. The zero-order valence-corrected chi connectivity index (χ0v) is 12.4. The number of hydrogen-bond donors (Lipinski definition) is 3. The number of nitriles is 1. The average molecular weight is 297 g/mol. The standard InChI is InChI=1S/C14H23N3O4/c1-21-9-5-7-16-11-12(10-15)14(20)17-8-4-2-3-6-13(18)19/h11,16H,2-9H2,1H3,(H,17,20)(H,18,19)/b12-11-. The van der Waals surface area contributed by atoms with Crippen LogP contribution in [-0.4, -0.2) is 43.8 Å². The van der Waals surface area contributed by atoms with E-state index in [2.05, 4.69) is 10.6 Å². The van der Waals surface area contributed by atoms with Gasteiger partial charge in [0.2, 0.25) is 0 Å². The van der Waals surface area contributed by atoms with Gasteiger partial charge in [0.1, 0.15) is 11.6 Å². The molecular formula is C14H23N3O4. The molecule has 7 nitrogen and oxygen atoms in total. The third-order valence-corrected chi connectivity index (χ3v) is 2.63. The van der Waals surface area contributed by atoms with Gasteiger partial charge in [-0.25, -0.2) is 0 Å². The Bertz CT molecular complexity index is 388. The van der Waals surface area contributed by atoms with Gasteiger partial charge in [-0.15, -0.1) is 0 Å². The molecule has 21 heavy (non-hydrogen) atoms. The van der Waals surface area contributed by atoms with Crippen LogP contribution in [-0.2, 0) is 14.3 Å². The van der Waals surface area contributed by atoms with Gasteiger partial charge in [0.15, 0.2) is 0 Å². The predicted molar refractivity (Wildman–Crippen MR) is 77.3 cm³/mol. The maximum absolute atomic E-state index is 11.7. The maximum Gasteiger partial charge on any atom is 0.303 e. The zero-order valence-electron chi connectivity index (χ0n) is 12.4. The van der Waals surface area contributed by atoms with Gasteiger partial charge in [-0.2, -0.15) is 5.26 Å². The van der Waals surface area contributed by atoms with E-state index in [0.29, 0.717) is 32.5 Å². The number of hydrogen-bond acceptors (Lipinski definition) is 5. The minimum atomic E-state index is -0.812. The molecule has 0 rings (SSSR count). The normalized spacial score (nSPS) is 10.8. The summed E-state index contributed by atoms with van der Waals surface area (Å²) in [6, 6.07) is 1.84. The van der Waals surface area contributed by atoms with Gasteiger partial charge in [-0.3, -0.25) is 9.59 Å². The zero-order chi connectivity index (χ0) is 15.9. The van der Waals surface area contributed by atoms with Crippen molar-refractivity contribution in [1.29, 1.82) is 5.26 Å². The van der Waals surface area contributed by atoms with Crippen LogP contribution in [0.15, 0.2) is 11.8 Å². The first-order valence-corrected chi connectivity index (χ1v) is 6.94. The monoisotopic (exact) mass is 297 g/mol. The van der Waals surface area contributed by atoms with Crippen molar-refractivity contribution < 1.29 is 19.4 Å². The lowest BCUT2D eigenvalue weighted by Gasteiger charge is -2.05. The molecule has 0 heterocycles. The van der Waals surface area contributed by atoms with Crippen LogP contribution in [0, 0.1) is 11.3 Å². The molecule has 118 valence electrons. The average Bonchev–Trinajstić information content (AvgIpc) is 2.46. The van der Waals surface area contributed by atoms with Crippen molar-refractivity contribution in [3.05, 3.63) is 11.8 Å². The van der Waals surface area contributed by atoms with Crippen molar-refractivity contribution in [2.24, 2.45) is 0 Å². The molecule has 0 aromatic rings. The van der Waals surface area contributed by atoms with Crippen LogP contribution in [0.3, 0.4) is 0 Å². The number of rotatable bonds is 12. The number of carboxylic acid groups (broad SMARTS) is 1. The lowest BCUT2D eigenvalue weighted by Crippen LogP contribution is -2.26. The Morgan fingerprint density at radius 2 is 2.00 bits per heavy atom. The van der Waals surface area contributed by atoms with Gasteiger partial charge in [0, 0.05) is 39.4 Å². The van der Waals surface area contributed by atoms with Gasteiger partial charge in [-0.1, -0.05) is 6.42 Å². The number of ether oxygens (including phenoxy) is 1. The fourth-order valence-electron chi connectivity index (χ4n) is 1.52. The fourth-order valence-corrected chi connectivity index (χ4v) is 1.52. The molecule has 3 N–H and O–H groups in total. The van der Waals surface area contributed by atoms with Crippen LogP contribution < -0.4 is 10.6 Å². The Kier molecular flexibility index (Phi) is 11.7. The summed E-state index contributed by atoms with van der Waals surface area (Å²) in [4.78, 5) is 22.0. The summed E-state index contributed by atoms with van der Waals surface area (Å²) in [7, 11) is 1.61. The van der Waals surface area contributed by atoms with Crippen LogP contribution in [0.25, 0.3) is 0 Å². The number of nitrogens with zero attached hydrogens (tertiary/aromatic N) is 1. The van der Waals surface area contributed by atoms with Crippen LogP contribution in [0.2, 0.25) is 0 Å². The second-order valence-electron chi connectivity index (χ2n) is 4.43. The molecule has 0 saturated carbocycles. The first-order chi connectivity index (χ1) is 10.1. The third kappa shape index (κ3) is 11.5. The predicted octanol–water partition coefficient (Wildman–Crippen LogP) is 0.781. The van der Waals surface area contributed by atoms with Crippen molar-refractivity contribution in [2.45, 2.75) is 32.1 Å². The number of carbonyl (C=O) groups is 2. The van der Waals surface area contributed by atoms with E-state index in [1.54, 1.807) is 7.11 Å². The van der Waals surface area contributed by atoms with Crippen LogP contribution >= 0.6 is 0 Å². The highest BCUT2D eigenvalue weighted by Crippen LogP contribution is 1.99. The van der Waals surface area contributed by atoms with Gasteiger partial charge in [0.05, 0.1) is 0 Å². The van der Waals surface area contributed by atoms with Gasteiger partial charge < -0.3 is 20.5 Å². The summed E-state index contributed by atoms with van der Waals surface area (Å²) in [5.74, 6) is -1.23. The van der Waals surface area contributed by atoms with Crippen molar-refractivity contribution >= 4 is 11.9 Å². The van der Waals surface area contributed by atoms with E-state index in [9.17, 15) is 9.59 Å². The molecule has 0 bridgehead atoms. The van der Waals surface area contributed by atoms with Crippen molar-refractivity contribution in [1.82, 2.24) is 10.6 Å². The topological polar surface area (TPSA) is 111 Å². The molecule has 0 aromatic carbocycles. The van der Waals surface area contributed by atoms with E-state index >= 15 is 0 Å². The number of unbranched alkanes of at least 4 members (excludes halogenated alkanes) is 2. The highest BCUT2D eigenvalue weighted by molar-refractivity contribution is 5.97. The summed E-state index contributed by atoms with van der Waals surface area (Å²) in [6.45, 7) is 1.67. The molecule has 0 fully saturated rings. The molecule has 0 saturated heterocycles. The van der Waals surface area contributed by atoms with Gasteiger partial charge in [0.25, 0.3) is 5.91 Å². The quantitative estimate of drug-likeness (QED) is 0.279. The Hall–Kier alpha value is -2.07. The van der Waals surface area contributed by atoms with Gasteiger partial charge in [-0.05, 0) is 19.3 Å². The molecule has 0 aliphatic rings. The maximum atomic E-state index is 11.7. The summed E-state index contributed by atoms with van der Waals surface area (Å²) >= 11 is 0. The number of nitrogens with one attached hydrogen (secondary N) is 2. The number of methoxy groups -OCH3 is 1. The second-order valence-corrected chi connectivity index (χ2v) is 4.43.